The second-order valence-electron chi connectivity index (χ2n) is 6.91. The van der Waals surface area contributed by atoms with Gasteiger partial charge >= 0.3 is 0 Å². The smallest absolute Gasteiger partial charge is 0.268 e. The van der Waals surface area contributed by atoms with Gasteiger partial charge in [-0.15, -0.1) is 0 Å². The summed E-state index contributed by atoms with van der Waals surface area (Å²) in [4.78, 5) is 16.5. The zero-order valence-corrected chi connectivity index (χ0v) is 18.6. The van der Waals surface area contributed by atoms with Crippen LogP contribution in [-0.2, 0) is 37.5 Å². The van der Waals surface area contributed by atoms with Gasteiger partial charge in [0.25, 0.3) is 5.91 Å². The molecule has 0 atom stereocenters. The third-order valence-corrected chi connectivity index (χ3v) is 9.99. The molecule has 0 bridgehead atoms. The van der Waals surface area contributed by atoms with Crippen molar-refractivity contribution in [1.82, 2.24) is 0 Å². The van der Waals surface area contributed by atoms with Gasteiger partial charge in [-0.25, -0.2) is 4.85 Å². The predicted octanol–water partition coefficient (Wildman–Crippen LogP) is 5.01. The van der Waals surface area contributed by atoms with Crippen molar-refractivity contribution in [3.63, 3.8) is 0 Å². The average molecular weight is 406 g/mol. The molecule has 0 aliphatic heterocycles. The quantitative estimate of drug-likeness (QED) is 0.554. The number of benzene rings is 1. The van der Waals surface area contributed by atoms with Crippen LogP contribution in [0.1, 0.15) is 37.3 Å². The Kier molecular flexibility index (Phi) is 6.98. The Hall–Kier alpha value is -0.286. The number of carbonyl (C=O) groups is 1. The molecule has 1 aliphatic rings. The van der Waals surface area contributed by atoms with Crippen LogP contribution in [0.4, 0.5) is 11.4 Å². The Labute approximate surface area is 166 Å². The average Bonchev–Trinajstić information content (AvgIpc) is 2.40. The normalized spacial score (nSPS) is 15.8. The standard InChI is InChI=1S/C18H25N2OP.Y/c1-7-22(5,6)18(9-8-10-18)17(21)20-16-13(2)11-15(19-4)12-14(16)3;/h11-12H,7-10H2,1-3,5-6H3;/p+1. The Morgan fingerprint density at radius 3 is 2.17 bits per heavy atom. The second kappa shape index (κ2) is 7.73. The Morgan fingerprint density at radius 1 is 1.30 bits per heavy atom. The van der Waals surface area contributed by atoms with E-state index in [1.807, 2.05) is 26.0 Å². The van der Waals surface area contributed by atoms with E-state index in [4.69, 9.17) is 6.57 Å². The molecular weight excluding hydrogens is 380 g/mol. The summed E-state index contributed by atoms with van der Waals surface area (Å²) >= 11 is 0. The predicted molar refractivity (Wildman–Crippen MR) is 96.7 cm³/mol. The third-order valence-electron chi connectivity index (χ3n) is 5.44. The topological polar surface area (TPSA) is 33.5 Å². The molecule has 1 aliphatic carbocycles. The summed E-state index contributed by atoms with van der Waals surface area (Å²) in [5.41, 5.74) is 3.47. The van der Waals surface area contributed by atoms with Gasteiger partial charge in [-0.1, -0.05) is 12.1 Å². The molecule has 0 unspecified atom stereocenters. The number of amides is 1. The van der Waals surface area contributed by atoms with Crippen LogP contribution in [0.15, 0.2) is 12.1 Å². The number of carbonyl (C=O) groups excluding carboxylic acids is 1. The molecule has 1 amide bonds. The molecule has 5 heteroatoms. The van der Waals surface area contributed by atoms with Gasteiger partial charge in [0, 0.05) is 59.0 Å². The first-order valence-electron chi connectivity index (χ1n) is 7.90. The van der Waals surface area contributed by atoms with Gasteiger partial charge in [-0.05, 0) is 51.2 Å². The van der Waals surface area contributed by atoms with Crippen LogP contribution in [0.3, 0.4) is 0 Å². The summed E-state index contributed by atoms with van der Waals surface area (Å²) in [6.07, 6.45) is 4.30. The fourth-order valence-electron chi connectivity index (χ4n) is 3.35. The first-order valence-corrected chi connectivity index (χ1v) is 10.8. The molecule has 1 radical (unpaired) electrons. The first-order chi connectivity index (χ1) is 10.3. The van der Waals surface area contributed by atoms with Gasteiger partial charge in [0.15, 0.2) is 10.8 Å². The Bertz CT molecular complexity index is 622. The summed E-state index contributed by atoms with van der Waals surface area (Å²) in [6.45, 7) is 17.9. The van der Waals surface area contributed by atoms with Gasteiger partial charge in [-0.3, -0.25) is 4.79 Å². The summed E-state index contributed by atoms with van der Waals surface area (Å²) in [7, 11) is -1.26. The summed E-state index contributed by atoms with van der Waals surface area (Å²) < 4.78 is 0. The van der Waals surface area contributed by atoms with Crippen molar-refractivity contribution in [1.29, 1.82) is 0 Å². The van der Waals surface area contributed by atoms with Crippen LogP contribution in [0.5, 0.6) is 0 Å². The van der Waals surface area contributed by atoms with Gasteiger partial charge < -0.3 is 5.32 Å². The van der Waals surface area contributed by atoms with E-state index in [2.05, 4.69) is 30.4 Å². The van der Waals surface area contributed by atoms with Crippen molar-refractivity contribution >= 4 is 24.5 Å². The van der Waals surface area contributed by atoms with Gasteiger partial charge in [0.05, 0.1) is 12.7 Å². The van der Waals surface area contributed by atoms with E-state index in [0.29, 0.717) is 5.69 Å². The van der Waals surface area contributed by atoms with Crippen LogP contribution in [0.2, 0.25) is 0 Å². The summed E-state index contributed by atoms with van der Waals surface area (Å²) in [6, 6.07) is 3.70. The van der Waals surface area contributed by atoms with E-state index in [9.17, 15) is 4.79 Å². The van der Waals surface area contributed by atoms with E-state index in [1.54, 1.807) is 0 Å². The Balaban J connectivity index is 0.00000264. The summed E-state index contributed by atoms with van der Waals surface area (Å²) in [5, 5.41) is 3.06. The maximum absolute atomic E-state index is 13.0. The molecule has 1 saturated carbocycles. The van der Waals surface area contributed by atoms with Crippen molar-refractivity contribution in [2.75, 3.05) is 24.8 Å². The maximum atomic E-state index is 13.0. The minimum Gasteiger partial charge on any atom is -0.322 e. The molecule has 2 rings (SSSR count). The van der Waals surface area contributed by atoms with E-state index in [1.165, 1.54) is 0 Å². The number of anilines is 1. The fourth-order valence-corrected chi connectivity index (χ4v) is 6.09. The van der Waals surface area contributed by atoms with E-state index < -0.39 is 7.26 Å². The number of aryl methyl sites for hydroxylation is 2. The van der Waals surface area contributed by atoms with E-state index >= 15 is 0 Å². The van der Waals surface area contributed by atoms with Gasteiger partial charge in [-0.2, -0.15) is 0 Å². The van der Waals surface area contributed by atoms with Crippen molar-refractivity contribution < 1.29 is 37.5 Å². The first kappa shape index (κ1) is 20.8. The minimum atomic E-state index is -1.26. The van der Waals surface area contributed by atoms with E-state index in [-0.39, 0.29) is 43.8 Å². The van der Waals surface area contributed by atoms with Crippen molar-refractivity contribution in [2.45, 2.75) is 45.2 Å². The van der Waals surface area contributed by atoms with E-state index in [0.717, 1.165) is 42.2 Å². The fraction of sp³-hybridized carbons (Fsp3) is 0.556. The maximum Gasteiger partial charge on any atom is 0.268 e. The SMILES string of the molecule is [C-]#[N+]c1cc(C)c(NC(=O)C2([P+](C)(C)CC)CCC2)c(C)c1.[Y]. The van der Waals surface area contributed by atoms with Crippen LogP contribution >= 0.6 is 7.26 Å². The van der Waals surface area contributed by atoms with Gasteiger partial charge in [0.2, 0.25) is 0 Å². The monoisotopic (exact) mass is 406 g/mol. The number of nitrogens with zero attached hydrogens (tertiary/aromatic N) is 1. The van der Waals surface area contributed by atoms with Crippen molar-refractivity contribution in [2.24, 2.45) is 0 Å². The zero-order chi connectivity index (χ0) is 16.5. The Morgan fingerprint density at radius 2 is 1.83 bits per heavy atom. The number of hydrogen-bond donors (Lipinski definition) is 1. The molecular formula is C18H26N2OPY+. The number of hydrogen-bond acceptors (Lipinski definition) is 1. The molecule has 1 fully saturated rings. The number of nitrogens with one attached hydrogen (secondary N) is 1. The van der Waals surface area contributed by atoms with Gasteiger partial charge in [0.1, 0.15) is 0 Å². The minimum absolute atomic E-state index is 0. The second-order valence-corrected chi connectivity index (χ2v) is 11.8. The van der Waals surface area contributed by atoms with Crippen molar-refractivity contribution in [3.8, 4) is 0 Å². The summed E-state index contributed by atoms with van der Waals surface area (Å²) in [5.74, 6) is 0.195. The molecule has 1 aromatic rings. The third kappa shape index (κ3) is 3.71. The number of rotatable bonds is 4. The van der Waals surface area contributed by atoms with Crippen LogP contribution in [0.25, 0.3) is 4.85 Å². The van der Waals surface area contributed by atoms with Crippen LogP contribution in [0, 0.1) is 20.4 Å². The molecule has 23 heavy (non-hydrogen) atoms. The van der Waals surface area contributed by atoms with Crippen LogP contribution < -0.4 is 5.32 Å². The molecule has 1 aromatic carbocycles. The molecule has 0 saturated heterocycles. The zero-order valence-electron chi connectivity index (χ0n) is 14.9. The molecule has 1 N–H and O–H groups in total. The van der Waals surface area contributed by atoms with Crippen LogP contribution in [-0.4, -0.2) is 30.6 Å². The molecule has 3 nitrogen and oxygen atoms in total. The molecule has 0 spiro atoms. The molecule has 121 valence electrons. The van der Waals surface area contributed by atoms with Crippen molar-refractivity contribution in [3.05, 3.63) is 34.7 Å². The molecule has 0 heterocycles. The largest absolute Gasteiger partial charge is 0.322 e. The molecule has 0 aromatic heterocycles.